The Bertz CT molecular complexity index is 304. The molecule has 0 aromatic rings. The smallest absolute Gasteiger partial charge is 0.193 e. The second kappa shape index (κ2) is 3.25. The summed E-state index contributed by atoms with van der Waals surface area (Å²) in [4.78, 5) is 0. The fourth-order valence-electron chi connectivity index (χ4n) is 1.26. The molecule has 0 spiro atoms. The first kappa shape index (κ1) is 9.85. The molecule has 0 radical (unpaired) electrons. The number of allylic oxidation sites excluding steroid dienone is 4. The van der Waals surface area contributed by atoms with Crippen LogP contribution < -0.4 is 0 Å². The molecule has 1 nitrogen and oxygen atoms in total. The number of nitriles is 1. The number of alkyl halides is 3. The zero-order valence-electron chi connectivity index (χ0n) is 7.02. The van der Waals surface area contributed by atoms with E-state index in [4.69, 9.17) is 5.26 Å². The maximum atomic E-state index is 12.3. The predicted octanol–water partition coefficient (Wildman–Crippen LogP) is 2.96. The van der Waals surface area contributed by atoms with Crippen LogP contribution in [0.5, 0.6) is 0 Å². The molecule has 0 saturated carbocycles. The Labute approximate surface area is 74.2 Å². The summed E-state index contributed by atoms with van der Waals surface area (Å²) < 4.78 is 37.0. The summed E-state index contributed by atoms with van der Waals surface area (Å²) in [6, 6.07) is 1.58. The van der Waals surface area contributed by atoms with E-state index >= 15 is 0 Å². The summed E-state index contributed by atoms with van der Waals surface area (Å²) >= 11 is 0. The van der Waals surface area contributed by atoms with Crippen LogP contribution in [0.25, 0.3) is 0 Å². The van der Waals surface area contributed by atoms with Crippen LogP contribution in [0.4, 0.5) is 13.2 Å². The standard InChI is InChI=1S/C9H8F3N/c1-6-2-3-7(5-13)8(4-6)9(10,11)12/h2-3,8H,4H2,1H3. The molecule has 0 aromatic heterocycles. The normalized spacial score (nSPS) is 23.2. The fraction of sp³-hybridized carbons (Fsp3) is 0.444. The lowest BCUT2D eigenvalue weighted by molar-refractivity contribution is -0.162. The Morgan fingerprint density at radius 2 is 2.08 bits per heavy atom. The molecular formula is C9H8F3N. The van der Waals surface area contributed by atoms with E-state index in [1.807, 2.05) is 0 Å². The molecule has 0 bridgehead atoms. The average molecular weight is 187 g/mol. The van der Waals surface area contributed by atoms with Crippen molar-refractivity contribution in [1.29, 1.82) is 5.26 Å². The van der Waals surface area contributed by atoms with Crippen molar-refractivity contribution < 1.29 is 13.2 Å². The summed E-state index contributed by atoms with van der Waals surface area (Å²) in [5.41, 5.74) is 0.458. The van der Waals surface area contributed by atoms with Gasteiger partial charge in [-0.2, -0.15) is 18.4 Å². The van der Waals surface area contributed by atoms with Crippen LogP contribution in [0.15, 0.2) is 23.3 Å². The van der Waals surface area contributed by atoms with Crippen LogP contribution in [-0.4, -0.2) is 6.18 Å². The van der Waals surface area contributed by atoms with Gasteiger partial charge in [0.2, 0.25) is 0 Å². The minimum absolute atomic E-state index is 0.0944. The number of rotatable bonds is 0. The van der Waals surface area contributed by atoms with Gasteiger partial charge >= 0.3 is 6.18 Å². The van der Waals surface area contributed by atoms with Gasteiger partial charge in [-0.1, -0.05) is 11.6 Å². The molecule has 1 atom stereocenters. The minimum Gasteiger partial charge on any atom is -0.193 e. The summed E-state index contributed by atoms with van der Waals surface area (Å²) in [5, 5.41) is 8.46. The summed E-state index contributed by atoms with van der Waals surface area (Å²) in [6.45, 7) is 1.63. The quantitative estimate of drug-likeness (QED) is 0.572. The lowest BCUT2D eigenvalue weighted by atomic mass is 9.88. The van der Waals surface area contributed by atoms with E-state index in [-0.39, 0.29) is 12.0 Å². The summed E-state index contributed by atoms with van der Waals surface area (Å²) in [5.74, 6) is -1.61. The Balaban J connectivity index is 2.97. The van der Waals surface area contributed by atoms with Gasteiger partial charge in [0.25, 0.3) is 0 Å². The van der Waals surface area contributed by atoms with Crippen LogP contribution in [0.3, 0.4) is 0 Å². The molecule has 4 heteroatoms. The Morgan fingerprint density at radius 3 is 2.54 bits per heavy atom. The zero-order chi connectivity index (χ0) is 10.1. The first-order valence-electron chi connectivity index (χ1n) is 3.79. The second-order valence-electron chi connectivity index (χ2n) is 3.05. The highest BCUT2D eigenvalue weighted by Gasteiger charge is 2.42. The van der Waals surface area contributed by atoms with Gasteiger partial charge in [-0.3, -0.25) is 0 Å². The number of hydrogen-bond donors (Lipinski definition) is 0. The average Bonchev–Trinajstić information content (AvgIpc) is 2.03. The van der Waals surface area contributed by atoms with E-state index < -0.39 is 12.1 Å². The van der Waals surface area contributed by atoms with Crippen molar-refractivity contribution in [2.45, 2.75) is 19.5 Å². The maximum Gasteiger partial charge on any atom is 0.396 e. The van der Waals surface area contributed by atoms with Crippen molar-refractivity contribution in [2.75, 3.05) is 0 Å². The predicted molar refractivity (Wildman–Crippen MR) is 41.6 cm³/mol. The lowest BCUT2D eigenvalue weighted by Gasteiger charge is -2.22. The number of nitrogens with zero attached hydrogens (tertiary/aromatic N) is 1. The van der Waals surface area contributed by atoms with Gasteiger partial charge in [0.05, 0.1) is 12.0 Å². The van der Waals surface area contributed by atoms with Crippen molar-refractivity contribution in [3.63, 3.8) is 0 Å². The topological polar surface area (TPSA) is 23.8 Å². The highest BCUT2D eigenvalue weighted by Crippen LogP contribution is 2.38. The van der Waals surface area contributed by atoms with E-state index in [0.29, 0.717) is 5.57 Å². The van der Waals surface area contributed by atoms with Crippen molar-refractivity contribution in [3.8, 4) is 6.07 Å². The van der Waals surface area contributed by atoms with Crippen LogP contribution in [0.1, 0.15) is 13.3 Å². The van der Waals surface area contributed by atoms with Gasteiger partial charge in [0, 0.05) is 5.57 Å². The van der Waals surface area contributed by atoms with Gasteiger partial charge < -0.3 is 0 Å². The molecule has 1 aliphatic rings. The monoisotopic (exact) mass is 187 g/mol. The van der Waals surface area contributed by atoms with Gasteiger partial charge in [0.1, 0.15) is 0 Å². The molecular weight excluding hydrogens is 179 g/mol. The molecule has 0 heterocycles. The first-order chi connectivity index (χ1) is 5.95. The van der Waals surface area contributed by atoms with E-state index in [0.717, 1.165) is 0 Å². The molecule has 1 unspecified atom stereocenters. The number of hydrogen-bond acceptors (Lipinski definition) is 1. The van der Waals surface area contributed by atoms with Gasteiger partial charge in [-0.15, -0.1) is 0 Å². The lowest BCUT2D eigenvalue weighted by Crippen LogP contribution is -2.26. The van der Waals surface area contributed by atoms with Crippen molar-refractivity contribution in [2.24, 2.45) is 5.92 Å². The molecule has 0 fully saturated rings. The van der Waals surface area contributed by atoms with Crippen LogP contribution in [-0.2, 0) is 0 Å². The third kappa shape index (κ3) is 2.11. The van der Waals surface area contributed by atoms with Gasteiger partial charge in [0.15, 0.2) is 0 Å². The van der Waals surface area contributed by atoms with E-state index in [9.17, 15) is 13.2 Å². The van der Waals surface area contributed by atoms with Crippen LogP contribution >= 0.6 is 0 Å². The van der Waals surface area contributed by atoms with Crippen molar-refractivity contribution >= 4 is 0 Å². The molecule has 13 heavy (non-hydrogen) atoms. The molecule has 0 aliphatic heterocycles. The molecule has 1 rings (SSSR count). The second-order valence-corrected chi connectivity index (χ2v) is 3.05. The minimum atomic E-state index is -4.31. The molecule has 0 aromatic carbocycles. The maximum absolute atomic E-state index is 12.3. The van der Waals surface area contributed by atoms with Crippen molar-refractivity contribution in [3.05, 3.63) is 23.3 Å². The van der Waals surface area contributed by atoms with E-state index in [1.54, 1.807) is 19.1 Å². The van der Waals surface area contributed by atoms with E-state index in [2.05, 4.69) is 0 Å². The van der Waals surface area contributed by atoms with Crippen LogP contribution in [0, 0.1) is 17.2 Å². The van der Waals surface area contributed by atoms with E-state index in [1.165, 1.54) is 6.08 Å². The van der Waals surface area contributed by atoms with Crippen molar-refractivity contribution in [1.82, 2.24) is 0 Å². The Hall–Kier alpha value is -1.24. The largest absolute Gasteiger partial charge is 0.396 e. The number of halogens is 3. The highest BCUT2D eigenvalue weighted by molar-refractivity contribution is 5.35. The third-order valence-corrected chi connectivity index (χ3v) is 1.97. The highest BCUT2D eigenvalue weighted by atomic mass is 19.4. The Kier molecular flexibility index (Phi) is 2.46. The molecule has 0 saturated heterocycles. The molecule has 1 aliphatic carbocycles. The SMILES string of the molecule is CC1=CC=C(C#N)C(C(F)(F)F)C1. The van der Waals surface area contributed by atoms with Gasteiger partial charge in [-0.05, 0) is 19.4 Å². The molecule has 0 amide bonds. The fourth-order valence-corrected chi connectivity index (χ4v) is 1.26. The zero-order valence-corrected chi connectivity index (χ0v) is 7.02. The summed E-state index contributed by atoms with van der Waals surface area (Å²) in [7, 11) is 0. The molecule has 70 valence electrons. The third-order valence-electron chi connectivity index (χ3n) is 1.97. The Morgan fingerprint density at radius 1 is 1.46 bits per heavy atom. The van der Waals surface area contributed by atoms with Crippen LogP contribution in [0.2, 0.25) is 0 Å². The summed E-state index contributed by atoms with van der Waals surface area (Å²) in [6.07, 6.45) is -1.60. The first-order valence-corrected chi connectivity index (χ1v) is 3.79. The molecule has 0 N–H and O–H groups in total. The van der Waals surface area contributed by atoms with Gasteiger partial charge in [-0.25, -0.2) is 0 Å².